The van der Waals surface area contributed by atoms with Crippen LogP contribution in [0, 0.1) is 0 Å². The number of aromatic nitrogens is 3. The van der Waals surface area contributed by atoms with Gasteiger partial charge in [-0.1, -0.05) is 0 Å². The molecule has 0 bridgehead atoms. The molecule has 0 amide bonds. The fraction of sp³-hybridized carbons (Fsp3) is 0.188. The first-order chi connectivity index (χ1) is 10.7. The second kappa shape index (κ2) is 5.85. The molecule has 6 nitrogen and oxygen atoms in total. The van der Waals surface area contributed by atoms with E-state index >= 15 is 0 Å². The summed E-state index contributed by atoms with van der Waals surface area (Å²) in [4.78, 5) is 16.6. The van der Waals surface area contributed by atoms with Crippen molar-refractivity contribution in [2.75, 3.05) is 14.2 Å². The summed E-state index contributed by atoms with van der Waals surface area (Å²) < 4.78 is 11.9. The molecule has 0 spiro atoms. The van der Waals surface area contributed by atoms with Crippen molar-refractivity contribution in [3.05, 3.63) is 58.8 Å². The molecule has 0 aliphatic carbocycles. The summed E-state index contributed by atoms with van der Waals surface area (Å²) >= 11 is 0. The monoisotopic (exact) mass is 297 g/mol. The zero-order valence-electron chi connectivity index (χ0n) is 12.3. The minimum atomic E-state index is -0.171. The van der Waals surface area contributed by atoms with Crippen molar-refractivity contribution in [1.29, 1.82) is 0 Å². The molecule has 22 heavy (non-hydrogen) atoms. The summed E-state index contributed by atoms with van der Waals surface area (Å²) in [6.07, 6.45) is 5.03. The lowest BCUT2D eigenvalue weighted by Gasteiger charge is -2.10. The third-order valence-electron chi connectivity index (χ3n) is 3.44. The SMILES string of the molecule is COc1cc2cnn(Cc3ccncc3)c(=O)c2cc1OC. The Kier molecular flexibility index (Phi) is 3.74. The summed E-state index contributed by atoms with van der Waals surface area (Å²) in [6, 6.07) is 7.14. The Morgan fingerprint density at radius 1 is 1.09 bits per heavy atom. The fourth-order valence-electron chi connectivity index (χ4n) is 2.28. The highest BCUT2D eigenvalue weighted by Gasteiger charge is 2.11. The van der Waals surface area contributed by atoms with Crippen molar-refractivity contribution < 1.29 is 9.47 Å². The molecule has 2 aromatic heterocycles. The van der Waals surface area contributed by atoms with Crippen molar-refractivity contribution >= 4 is 10.8 Å². The van der Waals surface area contributed by atoms with Crippen LogP contribution < -0.4 is 15.0 Å². The van der Waals surface area contributed by atoms with E-state index in [0.29, 0.717) is 28.8 Å². The molecule has 0 N–H and O–H groups in total. The average molecular weight is 297 g/mol. The lowest BCUT2D eigenvalue weighted by Crippen LogP contribution is -2.23. The highest BCUT2D eigenvalue weighted by Crippen LogP contribution is 2.30. The van der Waals surface area contributed by atoms with E-state index in [1.165, 1.54) is 4.68 Å². The van der Waals surface area contributed by atoms with Crippen LogP contribution in [0.15, 0.2) is 47.7 Å². The van der Waals surface area contributed by atoms with Crippen molar-refractivity contribution in [3.63, 3.8) is 0 Å². The van der Waals surface area contributed by atoms with Crippen LogP contribution in [0.4, 0.5) is 0 Å². The van der Waals surface area contributed by atoms with Gasteiger partial charge in [-0.05, 0) is 29.8 Å². The second-order valence-corrected chi connectivity index (χ2v) is 4.76. The summed E-state index contributed by atoms with van der Waals surface area (Å²) in [5, 5.41) is 5.48. The molecule has 1 aromatic carbocycles. The minimum absolute atomic E-state index is 0.171. The van der Waals surface area contributed by atoms with E-state index in [-0.39, 0.29) is 5.56 Å². The van der Waals surface area contributed by atoms with Crippen LogP contribution in [0.1, 0.15) is 5.56 Å². The summed E-state index contributed by atoms with van der Waals surface area (Å²) in [7, 11) is 3.10. The lowest BCUT2D eigenvalue weighted by molar-refractivity contribution is 0.356. The number of hydrogen-bond acceptors (Lipinski definition) is 5. The minimum Gasteiger partial charge on any atom is -0.493 e. The van der Waals surface area contributed by atoms with Crippen LogP contribution in [0.5, 0.6) is 11.5 Å². The second-order valence-electron chi connectivity index (χ2n) is 4.76. The number of methoxy groups -OCH3 is 2. The molecule has 0 unspecified atom stereocenters. The molecule has 0 aliphatic heterocycles. The highest BCUT2D eigenvalue weighted by atomic mass is 16.5. The molecule has 0 radical (unpaired) electrons. The van der Waals surface area contributed by atoms with Crippen molar-refractivity contribution in [3.8, 4) is 11.5 Å². The standard InChI is InChI=1S/C16H15N3O3/c1-21-14-7-12-9-18-19(10-11-3-5-17-6-4-11)16(20)13(12)8-15(14)22-2/h3-9H,10H2,1-2H3. The predicted molar refractivity (Wildman–Crippen MR) is 82.4 cm³/mol. The van der Waals surface area contributed by atoms with E-state index in [1.807, 2.05) is 12.1 Å². The molecule has 0 atom stereocenters. The van der Waals surface area contributed by atoms with Gasteiger partial charge in [-0.3, -0.25) is 9.78 Å². The third kappa shape index (κ3) is 2.50. The Morgan fingerprint density at radius 3 is 2.45 bits per heavy atom. The first kappa shape index (κ1) is 14.1. The Bertz CT molecular complexity index is 860. The van der Waals surface area contributed by atoms with E-state index in [9.17, 15) is 4.79 Å². The van der Waals surface area contributed by atoms with Gasteiger partial charge in [0, 0.05) is 17.8 Å². The van der Waals surface area contributed by atoms with Crippen LogP contribution >= 0.6 is 0 Å². The molecule has 2 heterocycles. The first-order valence-corrected chi connectivity index (χ1v) is 6.73. The number of pyridine rings is 1. The van der Waals surface area contributed by atoms with Crippen LogP contribution in [-0.2, 0) is 6.54 Å². The van der Waals surface area contributed by atoms with Gasteiger partial charge in [-0.2, -0.15) is 5.10 Å². The number of nitrogens with zero attached hydrogens (tertiary/aromatic N) is 3. The fourth-order valence-corrected chi connectivity index (χ4v) is 2.28. The molecule has 0 aliphatic rings. The van der Waals surface area contributed by atoms with Gasteiger partial charge in [0.25, 0.3) is 5.56 Å². The number of benzene rings is 1. The third-order valence-corrected chi connectivity index (χ3v) is 3.44. The number of rotatable bonds is 4. The van der Waals surface area contributed by atoms with Crippen LogP contribution in [0.2, 0.25) is 0 Å². The topological polar surface area (TPSA) is 66.2 Å². The van der Waals surface area contributed by atoms with Crippen molar-refractivity contribution in [2.45, 2.75) is 6.54 Å². The maximum atomic E-state index is 12.6. The van der Waals surface area contributed by atoms with Gasteiger partial charge in [0.15, 0.2) is 11.5 Å². The smallest absolute Gasteiger partial charge is 0.275 e. The zero-order chi connectivity index (χ0) is 15.5. The van der Waals surface area contributed by atoms with Crippen LogP contribution in [0.25, 0.3) is 10.8 Å². The van der Waals surface area contributed by atoms with Crippen molar-refractivity contribution in [2.24, 2.45) is 0 Å². The molecule has 0 saturated carbocycles. The predicted octanol–water partition coefficient (Wildman–Crippen LogP) is 1.86. The molecule has 0 fully saturated rings. The Balaban J connectivity index is 2.11. The van der Waals surface area contributed by atoms with Gasteiger partial charge in [0.05, 0.1) is 32.3 Å². The highest BCUT2D eigenvalue weighted by molar-refractivity contribution is 5.84. The van der Waals surface area contributed by atoms with Crippen LogP contribution in [-0.4, -0.2) is 29.0 Å². The van der Waals surface area contributed by atoms with Gasteiger partial charge in [-0.25, -0.2) is 4.68 Å². The van der Waals surface area contributed by atoms with E-state index in [1.54, 1.807) is 44.9 Å². The van der Waals surface area contributed by atoms with Gasteiger partial charge >= 0.3 is 0 Å². The largest absolute Gasteiger partial charge is 0.493 e. The van der Waals surface area contributed by atoms with Gasteiger partial charge in [-0.15, -0.1) is 0 Å². The Morgan fingerprint density at radius 2 is 1.77 bits per heavy atom. The van der Waals surface area contributed by atoms with E-state index in [2.05, 4.69) is 10.1 Å². The Hall–Kier alpha value is -2.89. The zero-order valence-corrected chi connectivity index (χ0v) is 12.3. The molecular weight excluding hydrogens is 282 g/mol. The molecule has 3 rings (SSSR count). The van der Waals surface area contributed by atoms with Gasteiger partial charge < -0.3 is 9.47 Å². The molecular formula is C16H15N3O3. The molecule has 112 valence electrons. The molecule has 0 saturated heterocycles. The van der Waals surface area contributed by atoms with Gasteiger partial charge in [0.2, 0.25) is 0 Å². The lowest BCUT2D eigenvalue weighted by atomic mass is 10.1. The number of fused-ring (bicyclic) bond motifs is 1. The summed E-state index contributed by atoms with van der Waals surface area (Å²) in [6.45, 7) is 0.394. The Labute approximate surface area is 126 Å². The number of ether oxygens (including phenoxy) is 2. The average Bonchev–Trinajstić information content (AvgIpc) is 2.57. The van der Waals surface area contributed by atoms with Crippen molar-refractivity contribution in [1.82, 2.24) is 14.8 Å². The molecule has 3 aromatic rings. The molecule has 6 heteroatoms. The summed E-state index contributed by atoms with van der Waals surface area (Å²) in [5.41, 5.74) is 0.791. The quantitative estimate of drug-likeness (QED) is 0.735. The van der Waals surface area contributed by atoms with E-state index in [0.717, 1.165) is 5.56 Å². The summed E-state index contributed by atoms with van der Waals surface area (Å²) in [5.74, 6) is 1.09. The maximum absolute atomic E-state index is 12.6. The van der Waals surface area contributed by atoms with Crippen LogP contribution in [0.3, 0.4) is 0 Å². The normalized spacial score (nSPS) is 10.6. The van der Waals surface area contributed by atoms with E-state index < -0.39 is 0 Å². The number of hydrogen-bond donors (Lipinski definition) is 0. The van der Waals surface area contributed by atoms with E-state index in [4.69, 9.17) is 9.47 Å². The first-order valence-electron chi connectivity index (χ1n) is 6.73. The maximum Gasteiger partial charge on any atom is 0.275 e. The van der Waals surface area contributed by atoms with Gasteiger partial charge in [0.1, 0.15) is 0 Å².